The lowest BCUT2D eigenvalue weighted by Gasteiger charge is -2.35. The Kier molecular flexibility index (Phi) is 4.64. The van der Waals surface area contributed by atoms with Crippen molar-refractivity contribution in [3.05, 3.63) is 41.3 Å². The van der Waals surface area contributed by atoms with Crippen LogP contribution in [-0.4, -0.2) is 0 Å². The van der Waals surface area contributed by atoms with E-state index in [0.29, 0.717) is 0 Å². The van der Waals surface area contributed by atoms with Gasteiger partial charge in [0.15, 0.2) is 0 Å². The molecule has 0 aliphatic carbocycles. The highest BCUT2D eigenvalue weighted by molar-refractivity contribution is 5.46. The van der Waals surface area contributed by atoms with Gasteiger partial charge in [-0.1, -0.05) is 66.7 Å². The van der Waals surface area contributed by atoms with E-state index < -0.39 is 0 Å². The Hall–Kier alpha value is -0.780. The van der Waals surface area contributed by atoms with Gasteiger partial charge in [0.25, 0.3) is 0 Å². The Bertz CT molecular complexity index is 396. The van der Waals surface area contributed by atoms with Gasteiger partial charge >= 0.3 is 0 Å². The fourth-order valence-corrected chi connectivity index (χ4v) is 2.50. The van der Waals surface area contributed by atoms with Crippen LogP contribution in [0.4, 0.5) is 0 Å². The molecular weight excluding hydrogens is 216 g/mol. The summed E-state index contributed by atoms with van der Waals surface area (Å²) in [5.41, 5.74) is 4.96. The maximum atomic E-state index is 2.37. The van der Waals surface area contributed by atoms with Crippen molar-refractivity contribution < 1.29 is 0 Å². The lowest BCUT2D eigenvalue weighted by atomic mass is 9.69. The number of hydrogen-bond donors (Lipinski definition) is 0. The minimum atomic E-state index is 0.241. The van der Waals surface area contributed by atoms with Gasteiger partial charge in [0.2, 0.25) is 0 Å². The minimum Gasteiger partial charge on any atom is -0.0646 e. The maximum Gasteiger partial charge on any atom is -0.0100 e. The highest BCUT2D eigenvalue weighted by Gasteiger charge is 2.30. The molecule has 0 aliphatic heterocycles. The van der Waals surface area contributed by atoms with Gasteiger partial charge in [-0.2, -0.15) is 0 Å². The zero-order valence-electron chi connectivity index (χ0n) is 13.2. The molecule has 0 heterocycles. The first-order valence-corrected chi connectivity index (χ1v) is 7.23. The second-order valence-corrected chi connectivity index (χ2v) is 6.53. The average molecular weight is 245 g/mol. The maximum absolute atomic E-state index is 2.37. The lowest BCUT2D eigenvalue weighted by molar-refractivity contribution is 0.454. The van der Waals surface area contributed by atoms with Crippen molar-refractivity contribution in [2.45, 2.75) is 72.1 Å². The van der Waals surface area contributed by atoms with E-state index >= 15 is 0 Å². The third kappa shape index (κ3) is 2.79. The van der Waals surface area contributed by atoms with Gasteiger partial charge in [-0.25, -0.2) is 0 Å². The van der Waals surface area contributed by atoms with Crippen LogP contribution in [0, 0.1) is 6.42 Å². The zero-order chi connectivity index (χ0) is 14.0. The van der Waals surface area contributed by atoms with E-state index in [2.05, 4.69) is 73.1 Å². The van der Waals surface area contributed by atoms with E-state index in [-0.39, 0.29) is 10.8 Å². The van der Waals surface area contributed by atoms with Crippen LogP contribution in [0.15, 0.2) is 18.2 Å². The zero-order valence-corrected chi connectivity index (χ0v) is 13.2. The van der Waals surface area contributed by atoms with Crippen LogP contribution in [0.2, 0.25) is 0 Å². The van der Waals surface area contributed by atoms with E-state index in [1.807, 2.05) is 0 Å². The third-order valence-electron chi connectivity index (χ3n) is 4.58. The van der Waals surface area contributed by atoms with Gasteiger partial charge < -0.3 is 0 Å². The molecule has 0 fully saturated rings. The predicted molar refractivity (Wildman–Crippen MR) is 82.2 cm³/mol. The Morgan fingerprint density at radius 1 is 0.944 bits per heavy atom. The number of hydrogen-bond acceptors (Lipinski definition) is 0. The summed E-state index contributed by atoms with van der Waals surface area (Å²) < 4.78 is 0. The molecule has 1 aromatic rings. The summed E-state index contributed by atoms with van der Waals surface area (Å²) in [6.45, 7) is 16.2. The third-order valence-corrected chi connectivity index (χ3v) is 4.58. The Balaban J connectivity index is 3.53. The molecule has 0 saturated heterocycles. The Morgan fingerprint density at radius 2 is 1.50 bits per heavy atom. The van der Waals surface area contributed by atoms with E-state index in [4.69, 9.17) is 0 Å². The second kappa shape index (κ2) is 5.47. The van der Waals surface area contributed by atoms with Crippen LogP contribution in [-0.2, 0) is 10.8 Å². The predicted octanol–water partition coefficient (Wildman–Crippen LogP) is 5.63. The van der Waals surface area contributed by atoms with E-state index in [0.717, 1.165) is 0 Å². The second-order valence-electron chi connectivity index (χ2n) is 6.53. The molecule has 101 valence electrons. The normalized spacial score (nSPS) is 12.8. The first kappa shape index (κ1) is 15.3. The molecule has 0 atom stereocenters. The lowest BCUT2D eigenvalue weighted by Crippen LogP contribution is -2.26. The van der Waals surface area contributed by atoms with Crippen molar-refractivity contribution in [2.24, 2.45) is 0 Å². The molecule has 0 heteroatoms. The molecule has 0 saturated carbocycles. The van der Waals surface area contributed by atoms with Crippen molar-refractivity contribution in [1.29, 1.82) is 0 Å². The molecule has 0 aromatic heterocycles. The molecule has 0 aliphatic rings. The van der Waals surface area contributed by atoms with Crippen LogP contribution in [0.3, 0.4) is 0 Å². The highest BCUT2D eigenvalue weighted by Crippen LogP contribution is 2.39. The molecule has 0 bridgehead atoms. The molecular formula is C18H29. The van der Waals surface area contributed by atoms with E-state index in [1.165, 1.54) is 24.0 Å². The number of benzene rings is 1. The van der Waals surface area contributed by atoms with Crippen molar-refractivity contribution in [3.8, 4) is 0 Å². The topological polar surface area (TPSA) is 0 Å². The van der Waals surface area contributed by atoms with Crippen LogP contribution >= 0.6 is 0 Å². The van der Waals surface area contributed by atoms with E-state index in [1.54, 1.807) is 5.56 Å². The van der Waals surface area contributed by atoms with Gasteiger partial charge in [-0.05, 0) is 46.8 Å². The van der Waals surface area contributed by atoms with Crippen molar-refractivity contribution in [1.82, 2.24) is 0 Å². The van der Waals surface area contributed by atoms with Crippen molar-refractivity contribution in [2.75, 3.05) is 0 Å². The fraction of sp³-hybridized carbons (Fsp3) is 0.611. The molecule has 18 heavy (non-hydrogen) atoms. The standard InChI is InChI=1S/C18H29/c1-8-14-12-11-13-15(17(4,5)9-2)16(14)18(6,7)10-3/h8,11-13H,9-10H2,1-7H3. The molecule has 0 nitrogen and oxygen atoms in total. The minimum absolute atomic E-state index is 0.241. The fourth-order valence-electron chi connectivity index (χ4n) is 2.50. The van der Waals surface area contributed by atoms with Crippen LogP contribution in [0.5, 0.6) is 0 Å². The Morgan fingerprint density at radius 3 is 1.94 bits per heavy atom. The van der Waals surface area contributed by atoms with E-state index in [9.17, 15) is 0 Å². The first-order chi connectivity index (χ1) is 8.30. The van der Waals surface area contributed by atoms with Gasteiger partial charge in [-0.3, -0.25) is 0 Å². The SMILES string of the molecule is C[CH]c1cccc(C(C)(C)CC)c1C(C)(C)CC. The quantitative estimate of drug-likeness (QED) is 0.630. The largest absolute Gasteiger partial charge is 0.0646 e. The molecule has 0 amide bonds. The Labute approximate surface area is 114 Å². The van der Waals surface area contributed by atoms with Gasteiger partial charge in [0.05, 0.1) is 0 Å². The van der Waals surface area contributed by atoms with Gasteiger partial charge in [-0.15, -0.1) is 0 Å². The van der Waals surface area contributed by atoms with Crippen molar-refractivity contribution in [3.63, 3.8) is 0 Å². The summed E-state index contributed by atoms with van der Waals surface area (Å²) in [7, 11) is 0. The van der Waals surface area contributed by atoms with Crippen LogP contribution in [0.1, 0.15) is 78.0 Å². The van der Waals surface area contributed by atoms with Gasteiger partial charge in [0, 0.05) is 0 Å². The number of rotatable bonds is 5. The molecule has 1 rings (SSSR count). The summed E-state index contributed by atoms with van der Waals surface area (Å²) in [5, 5.41) is 0. The smallest absolute Gasteiger partial charge is 0.0100 e. The van der Waals surface area contributed by atoms with Crippen molar-refractivity contribution >= 4 is 0 Å². The summed E-state index contributed by atoms with van der Waals surface area (Å²) in [6.07, 6.45) is 4.60. The summed E-state index contributed by atoms with van der Waals surface area (Å²) >= 11 is 0. The molecule has 0 spiro atoms. The van der Waals surface area contributed by atoms with Crippen LogP contribution in [0.25, 0.3) is 0 Å². The van der Waals surface area contributed by atoms with Crippen LogP contribution < -0.4 is 0 Å². The summed E-state index contributed by atoms with van der Waals surface area (Å²) in [6, 6.07) is 6.78. The average Bonchev–Trinajstić information content (AvgIpc) is 2.37. The monoisotopic (exact) mass is 245 g/mol. The first-order valence-electron chi connectivity index (χ1n) is 7.23. The molecule has 1 radical (unpaired) electrons. The molecule has 0 N–H and O–H groups in total. The molecule has 0 unspecified atom stereocenters. The molecule has 1 aromatic carbocycles. The summed E-state index contributed by atoms with van der Waals surface area (Å²) in [5.74, 6) is 0. The van der Waals surface area contributed by atoms with Gasteiger partial charge in [0.1, 0.15) is 0 Å². The summed E-state index contributed by atoms with van der Waals surface area (Å²) in [4.78, 5) is 0. The highest BCUT2D eigenvalue weighted by atomic mass is 14.3.